The van der Waals surface area contributed by atoms with Gasteiger partial charge in [0.15, 0.2) is 0 Å². The maximum Gasteiger partial charge on any atom is 0.0270 e. The van der Waals surface area contributed by atoms with E-state index < -0.39 is 0 Å². The summed E-state index contributed by atoms with van der Waals surface area (Å²) in [5, 5.41) is 0. The minimum absolute atomic E-state index is 0.827. The highest BCUT2D eigenvalue weighted by Gasteiger charge is 2.39. The van der Waals surface area contributed by atoms with Gasteiger partial charge in [0.25, 0.3) is 0 Å². The predicted octanol–water partition coefficient (Wildman–Crippen LogP) is 2.84. The summed E-state index contributed by atoms with van der Waals surface area (Å²) in [5.41, 5.74) is 1.48. The van der Waals surface area contributed by atoms with E-state index in [1.165, 1.54) is 12.0 Å². The third kappa shape index (κ3) is 1.36. The summed E-state index contributed by atoms with van der Waals surface area (Å²) in [6, 6.07) is 4.29. The molecule has 0 aliphatic heterocycles. The molecule has 0 bridgehead atoms. The van der Waals surface area contributed by atoms with Crippen molar-refractivity contribution in [3.8, 4) is 0 Å². The van der Waals surface area contributed by atoms with Crippen LogP contribution in [-0.4, -0.2) is 4.98 Å². The zero-order valence-corrected chi connectivity index (χ0v) is 7.70. The second-order valence-electron chi connectivity index (χ2n) is 4.03. The maximum absolute atomic E-state index is 4.03. The Balaban J connectivity index is 2.06. The van der Waals surface area contributed by atoms with Crippen LogP contribution >= 0.6 is 0 Å². The lowest BCUT2D eigenvalue weighted by Gasteiger charge is -2.02. The Kier molecular flexibility index (Phi) is 1.87. The summed E-state index contributed by atoms with van der Waals surface area (Å²) in [4.78, 5) is 4.03. The normalized spacial score (nSPS) is 27.6. The lowest BCUT2D eigenvalue weighted by Crippen LogP contribution is -1.92. The summed E-state index contributed by atoms with van der Waals surface area (Å²) in [6.07, 6.45) is 5.16. The van der Waals surface area contributed by atoms with E-state index in [9.17, 15) is 0 Å². The molecule has 2 rings (SSSR count). The molecule has 1 fully saturated rings. The van der Waals surface area contributed by atoms with Crippen molar-refractivity contribution in [1.82, 2.24) is 4.98 Å². The van der Waals surface area contributed by atoms with Crippen LogP contribution in [0.3, 0.4) is 0 Å². The number of rotatable bonds is 2. The monoisotopic (exact) mass is 161 g/mol. The Labute approximate surface area is 73.8 Å². The van der Waals surface area contributed by atoms with E-state index in [-0.39, 0.29) is 0 Å². The lowest BCUT2D eigenvalue weighted by atomic mass is 10.0. The largest absolute Gasteiger partial charge is 0.265 e. The van der Waals surface area contributed by atoms with Crippen LogP contribution in [0.5, 0.6) is 0 Å². The van der Waals surface area contributed by atoms with Gasteiger partial charge in [-0.3, -0.25) is 4.98 Å². The molecule has 0 N–H and O–H groups in total. The Hall–Kier alpha value is -0.850. The summed E-state index contributed by atoms with van der Waals surface area (Å²) < 4.78 is 0. The second kappa shape index (κ2) is 2.89. The fourth-order valence-corrected chi connectivity index (χ4v) is 1.95. The van der Waals surface area contributed by atoms with Crippen molar-refractivity contribution in [2.24, 2.45) is 11.8 Å². The highest BCUT2D eigenvalue weighted by atomic mass is 14.6. The van der Waals surface area contributed by atoms with E-state index in [1.54, 1.807) is 0 Å². The number of pyridine rings is 1. The quantitative estimate of drug-likeness (QED) is 0.650. The summed E-state index contributed by atoms with van der Waals surface area (Å²) in [5.74, 6) is 2.59. The number of hydrogen-bond donors (Lipinski definition) is 0. The fraction of sp³-hybridized carbons (Fsp3) is 0.545. The third-order valence-corrected chi connectivity index (χ3v) is 2.83. The molecule has 0 spiro atoms. The molecule has 1 heterocycles. The van der Waals surface area contributed by atoms with Crippen LogP contribution in [0.1, 0.15) is 31.7 Å². The number of hydrogen-bond acceptors (Lipinski definition) is 1. The van der Waals surface area contributed by atoms with E-state index in [0.29, 0.717) is 0 Å². The van der Waals surface area contributed by atoms with Crippen LogP contribution in [-0.2, 0) is 0 Å². The SMILES string of the molecule is CC(C)[C@H]1C[C@@H]1c1ccncc1. The minimum atomic E-state index is 0.827. The minimum Gasteiger partial charge on any atom is -0.265 e. The fourth-order valence-electron chi connectivity index (χ4n) is 1.95. The van der Waals surface area contributed by atoms with Gasteiger partial charge in [0.2, 0.25) is 0 Å². The van der Waals surface area contributed by atoms with Crippen molar-refractivity contribution >= 4 is 0 Å². The molecule has 0 amide bonds. The van der Waals surface area contributed by atoms with Crippen molar-refractivity contribution in [2.75, 3.05) is 0 Å². The van der Waals surface area contributed by atoms with Crippen molar-refractivity contribution in [1.29, 1.82) is 0 Å². The highest BCUT2D eigenvalue weighted by molar-refractivity contribution is 5.23. The molecule has 0 radical (unpaired) electrons. The first kappa shape index (κ1) is 7.78. The van der Waals surface area contributed by atoms with Crippen LogP contribution < -0.4 is 0 Å². The smallest absolute Gasteiger partial charge is 0.0270 e. The van der Waals surface area contributed by atoms with Crippen LogP contribution in [0.25, 0.3) is 0 Å². The molecule has 1 heteroatoms. The standard InChI is InChI=1S/C11H15N/c1-8(2)10-7-11(10)9-3-5-12-6-4-9/h3-6,8,10-11H,7H2,1-2H3/t10-,11-/m1/s1. The van der Waals surface area contributed by atoms with Crippen LogP contribution in [0.4, 0.5) is 0 Å². The maximum atomic E-state index is 4.03. The van der Waals surface area contributed by atoms with Gasteiger partial charge >= 0.3 is 0 Å². The van der Waals surface area contributed by atoms with Gasteiger partial charge in [-0.05, 0) is 41.9 Å². The predicted molar refractivity (Wildman–Crippen MR) is 49.9 cm³/mol. The molecule has 0 saturated heterocycles. The highest BCUT2D eigenvalue weighted by Crippen LogP contribution is 2.51. The van der Waals surface area contributed by atoms with Gasteiger partial charge in [0.1, 0.15) is 0 Å². The molecule has 1 aromatic heterocycles. The van der Waals surface area contributed by atoms with E-state index >= 15 is 0 Å². The van der Waals surface area contributed by atoms with Gasteiger partial charge < -0.3 is 0 Å². The average molecular weight is 161 g/mol. The Morgan fingerprint density at radius 1 is 1.33 bits per heavy atom. The first-order valence-electron chi connectivity index (χ1n) is 4.69. The molecule has 64 valence electrons. The van der Waals surface area contributed by atoms with Gasteiger partial charge in [-0.1, -0.05) is 13.8 Å². The van der Waals surface area contributed by atoms with Crippen LogP contribution in [0.2, 0.25) is 0 Å². The van der Waals surface area contributed by atoms with E-state index in [4.69, 9.17) is 0 Å². The molecule has 1 saturated carbocycles. The summed E-state index contributed by atoms with van der Waals surface area (Å²) in [6.45, 7) is 4.62. The van der Waals surface area contributed by atoms with Gasteiger partial charge in [0, 0.05) is 12.4 Å². The molecule has 2 atom stereocenters. The Morgan fingerprint density at radius 3 is 2.50 bits per heavy atom. The van der Waals surface area contributed by atoms with Gasteiger partial charge in [-0.2, -0.15) is 0 Å². The zero-order valence-electron chi connectivity index (χ0n) is 7.70. The van der Waals surface area contributed by atoms with E-state index in [0.717, 1.165) is 17.8 Å². The molecular formula is C11H15N. The molecule has 0 unspecified atom stereocenters. The third-order valence-electron chi connectivity index (χ3n) is 2.83. The average Bonchev–Trinajstić information content (AvgIpc) is 2.84. The van der Waals surface area contributed by atoms with Gasteiger partial charge in [-0.15, -0.1) is 0 Å². The number of nitrogens with zero attached hydrogens (tertiary/aromatic N) is 1. The first-order chi connectivity index (χ1) is 5.79. The molecule has 1 nitrogen and oxygen atoms in total. The first-order valence-corrected chi connectivity index (χ1v) is 4.69. The number of aromatic nitrogens is 1. The lowest BCUT2D eigenvalue weighted by molar-refractivity contribution is 0.548. The van der Waals surface area contributed by atoms with Crippen LogP contribution in [0, 0.1) is 11.8 Å². The molecule has 1 aromatic rings. The molecule has 12 heavy (non-hydrogen) atoms. The van der Waals surface area contributed by atoms with Crippen LogP contribution in [0.15, 0.2) is 24.5 Å². The Morgan fingerprint density at radius 2 is 2.00 bits per heavy atom. The second-order valence-corrected chi connectivity index (χ2v) is 4.03. The van der Waals surface area contributed by atoms with Gasteiger partial charge in [-0.25, -0.2) is 0 Å². The molecular weight excluding hydrogens is 146 g/mol. The van der Waals surface area contributed by atoms with Crippen molar-refractivity contribution < 1.29 is 0 Å². The van der Waals surface area contributed by atoms with E-state index in [2.05, 4.69) is 31.0 Å². The summed E-state index contributed by atoms with van der Waals surface area (Å²) >= 11 is 0. The molecule has 1 aliphatic rings. The van der Waals surface area contributed by atoms with Crippen molar-refractivity contribution in [2.45, 2.75) is 26.2 Å². The van der Waals surface area contributed by atoms with Crippen molar-refractivity contribution in [3.63, 3.8) is 0 Å². The molecule has 1 aliphatic carbocycles. The van der Waals surface area contributed by atoms with Gasteiger partial charge in [0.05, 0.1) is 0 Å². The van der Waals surface area contributed by atoms with Crippen molar-refractivity contribution in [3.05, 3.63) is 30.1 Å². The Bertz CT molecular complexity index is 253. The zero-order chi connectivity index (χ0) is 8.55. The summed E-state index contributed by atoms with van der Waals surface area (Å²) in [7, 11) is 0. The molecule has 0 aromatic carbocycles. The topological polar surface area (TPSA) is 12.9 Å². The van der Waals surface area contributed by atoms with E-state index in [1.807, 2.05) is 12.4 Å².